The topological polar surface area (TPSA) is 119 Å². The summed E-state index contributed by atoms with van der Waals surface area (Å²) < 4.78 is 14.3. The predicted octanol–water partition coefficient (Wildman–Crippen LogP) is 5.14. The number of nitrogens with one attached hydrogen (secondary N) is 1. The summed E-state index contributed by atoms with van der Waals surface area (Å²) >= 11 is 0. The molecule has 2 heterocycles. The Morgan fingerprint density at radius 2 is 1.79 bits per heavy atom. The first-order valence-corrected chi connectivity index (χ1v) is 19.6. The van der Waals surface area contributed by atoms with E-state index in [1.807, 2.05) is 59.4 Å². The molecule has 5 rings (SSSR count). The number of rotatable bonds is 14. The van der Waals surface area contributed by atoms with Crippen molar-refractivity contribution >= 4 is 24.9 Å². The van der Waals surface area contributed by atoms with Crippen molar-refractivity contribution in [2.75, 3.05) is 19.0 Å². The average molecular weight is 657 g/mol. The Morgan fingerprint density at radius 1 is 1.04 bits per heavy atom. The fourth-order valence-electron chi connectivity index (χ4n) is 7.17. The Bertz CT molecular complexity index is 1590. The number of aromatic nitrogens is 3. The Kier molecular flexibility index (Phi) is 11.3. The standard InChI is InChI=1S/C37H48N4O5Si/c1-25-34(19-14-27-10-9-13-29(22-27)38-37(44)26(2)43)46-35(36(25)47(4,5)31-17-15-30(45-3)16-18-31)20-21-41-23-33(39-40-41)32(24-42)28-11-7-6-8-12-28/h6-13,15-18,22-23,25-26,32,34-36,42-43H,14,19-21,24H2,1-5H3,(H,38,44)/t25-,26-,32?,34+,35-,36+/m0/s1. The monoisotopic (exact) mass is 656 g/mol. The van der Waals surface area contributed by atoms with Crippen LogP contribution in [0.5, 0.6) is 5.75 Å². The van der Waals surface area contributed by atoms with Crippen LogP contribution in [-0.4, -0.2) is 71.2 Å². The summed E-state index contributed by atoms with van der Waals surface area (Å²) in [7, 11) is -0.333. The molecule has 0 radical (unpaired) electrons. The molecule has 4 aromatic rings. The van der Waals surface area contributed by atoms with Gasteiger partial charge in [0.15, 0.2) is 0 Å². The van der Waals surface area contributed by atoms with Crippen LogP contribution in [0.2, 0.25) is 18.6 Å². The van der Waals surface area contributed by atoms with Crippen LogP contribution in [0, 0.1) is 5.92 Å². The zero-order chi connectivity index (χ0) is 33.6. The maximum atomic E-state index is 12.0. The van der Waals surface area contributed by atoms with Gasteiger partial charge in [0.25, 0.3) is 5.91 Å². The summed E-state index contributed by atoms with van der Waals surface area (Å²) in [6.45, 7) is 9.32. The van der Waals surface area contributed by atoms with E-state index in [4.69, 9.17) is 9.47 Å². The third-order valence-corrected chi connectivity index (χ3v) is 14.2. The van der Waals surface area contributed by atoms with Crippen LogP contribution in [0.15, 0.2) is 85.1 Å². The predicted molar refractivity (Wildman–Crippen MR) is 187 cm³/mol. The van der Waals surface area contributed by atoms with Crippen LogP contribution in [0.4, 0.5) is 5.69 Å². The fourth-order valence-corrected chi connectivity index (χ4v) is 11.3. The molecule has 1 aliphatic rings. The van der Waals surface area contributed by atoms with Crippen molar-refractivity contribution in [1.29, 1.82) is 0 Å². The molecule has 10 heteroatoms. The second kappa shape index (κ2) is 15.4. The largest absolute Gasteiger partial charge is 0.497 e. The van der Waals surface area contributed by atoms with Crippen LogP contribution in [0.25, 0.3) is 0 Å². The number of ether oxygens (including phenoxy) is 2. The first kappa shape index (κ1) is 34.5. The average Bonchev–Trinajstić information content (AvgIpc) is 3.67. The Labute approximate surface area is 279 Å². The number of nitrogens with zero attached hydrogens (tertiary/aromatic N) is 3. The van der Waals surface area contributed by atoms with Crippen LogP contribution in [-0.2, 0) is 22.5 Å². The van der Waals surface area contributed by atoms with E-state index in [1.54, 1.807) is 7.11 Å². The molecule has 0 bridgehead atoms. The number of carbonyl (C=O) groups excluding carboxylic acids is 1. The first-order chi connectivity index (χ1) is 22.6. The molecular formula is C37H48N4O5Si. The van der Waals surface area contributed by atoms with Crippen LogP contribution in [0.1, 0.15) is 49.4 Å². The number of aliphatic hydroxyl groups excluding tert-OH is 2. The van der Waals surface area contributed by atoms with Gasteiger partial charge in [0.2, 0.25) is 0 Å². The van der Waals surface area contributed by atoms with Crippen LogP contribution in [0.3, 0.4) is 0 Å². The molecule has 1 saturated heterocycles. The molecule has 6 atom stereocenters. The molecule has 3 N–H and O–H groups in total. The third-order valence-electron chi connectivity index (χ3n) is 9.80. The normalized spacial score (nSPS) is 20.9. The zero-order valence-electron chi connectivity index (χ0n) is 28.0. The Hall–Kier alpha value is -3.83. The molecule has 1 fully saturated rings. The Balaban J connectivity index is 1.33. The molecule has 1 unspecified atom stereocenters. The highest BCUT2D eigenvalue weighted by Gasteiger charge is 2.50. The molecular weight excluding hydrogens is 609 g/mol. The van der Waals surface area contributed by atoms with Crippen LogP contribution >= 0.6 is 0 Å². The first-order valence-electron chi connectivity index (χ1n) is 16.5. The lowest BCUT2D eigenvalue weighted by atomic mass is 9.95. The highest BCUT2D eigenvalue weighted by Crippen LogP contribution is 2.46. The van der Waals surface area contributed by atoms with E-state index in [0.717, 1.165) is 41.8 Å². The second-order valence-electron chi connectivity index (χ2n) is 13.3. The van der Waals surface area contributed by atoms with Gasteiger partial charge in [-0.1, -0.05) is 85.0 Å². The van der Waals surface area contributed by atoms with E-state index in [2.05, 4.69) is 66.0 Å². The van der Waals surface area contributed by atoms with E-state index >= 15 is 0 Å². The van der Waals surface area contributed by atoms with E-state index in [9.17, 15) is 15.0 Å². The van der Waals surface area contributed by atoms with Gasteiger partial charge in [-0.25, -0.2) is 0 Å². The van der Waals surface area contributed by atoms with Crippen molar-refractivity contribution in [2.24, 2.45) is 5.92 Å². The van der Waals surface area contributed by atoms with Gasteiger partial charge in [-0.05, 0) is 73.0 Å². The van der Waals surface area contributed by atoms with Crippen LogP contribution < -0.4 is 15.2 Å². The molecule has 3 aromatic carbocycles. The summed E-state index contributed by atoms with van der Waals surface area (Å²) in [5.41, 5.74) is 3.94. The zero-order valence-corrected chi connectivity index (χ0v) is 29.0. The van der Waals surface area contributed by atoms with E-state index in [1.165, 1.54) is 12.1 Å². The number of methoxy groups -OCH3 is 1. The molecule has 1 aliphatic heterocycles. The molecule has 0 aliphatic carbocycles. The molecule has 9 nitrogen and oxygen atoms in total. The van der Waals surface area contributed by atoms with Gasteiger partial charge < -0.3 is 25.0 Å². The number of amides is 1. The number of hydrogen-bond acceptors (Lipinski definition) is 7. The van der Waals surface area contributed by atoms with Gasteiger partial charge in [0.1, 0.15) is 11.9 Å². The number of hydrogen-bond donors (Lipinski definition) is 3. The number of aliphatic hydroxyl groups is 2. The highest BCUT2D eigenvalue weighted by atomic mass is 28.3. The van der Waals surface area contributed by atoms with Crippen molar-refractivity contribution in [3.63, 3.8) is 0 Å². The SMILES string of the molecule is COc1ccc([Si](C)(C)[C@@H]2[C@@H](C)[C@@H](CCc3cccc(NC(=O)[C@H](C)O)c3)O[C@H]2CCn2cc(C(CO)c3ccccc3)nn2)cc1. The minimum Gasteiger partial charge on any atom is -0.497 e. The summed E-state index contributed by atoms with van der Waals surface area (Å²) in [4.78, 5) is 12.0. The lowest BCUT2D eigenvalue weighted by molar-refractivity contribution is -0.123. The minimum atomic E-state index is -2.03. The summed E-state index contributed by atoms with van der Waals surface area (Å²) in [6.07, 6.45) is 3.48. The fraction of sp³-hybridized carbons (Fsp3) is 0.432. The van der Waals surface area contributed by atoms with Gasteiger partial charge in [-0.15, -0.1) is 5.10 Å². The van der Waals surface area contributed by atoms with Crippen molar-refractivity contribution in [3.05, 3.63) is 102 Å². The minimum absolute atomic E-state index is 0.0345. The molecule has 0 saturated carbocycles. The number of aryl methyl sites for hydroxylation is 2. The molecule has 0 spiro atoms. The van der Waals surface area contributed by atoms with E-state index in [0.29, 0.717) is 23.7 Å². The number of anilines is 1. The lowest BCUT2D eigenvalue weighted by Crippen LogP contribution is -2.50. The lowest BCUT2D eigenvalue weighted by Gasteiger charge is -2.36. The van der Waals surface area contributed by atoms with E-state index in [-0.39, 0.29) is 24.7 Å². The maximum Gasteiger partial charge on any atom is 0.252 e. The molecule has 47 heavy (non-hydrogen) atoms. The molecule has 1 aromatic heterocycles. The van der Waals surface area contributed by atoms with Gasteiger partial charge in [0.05, 0.1) is 45.6 Å². The summed E-state index contributed by atoms with van der Waals surface area (Å²) in [5.74, 6) is 0.558. The highest BCUT2D eigenvalue weighted by molar-refractivity contribution is 6.91. The van der Waals surface area contributed by atoms with Crippen molar-refractivity contribution in [1.82, 2.24) is 15.0 Å². The van der Waals surface area contributed by atoms with Crippen molar-refractivity contribution in [2.45, 2.75) is 82.5 Å². The van der Waals surface area contributed by atoms with Gasteiger partial charge in [-0.3, -0.25) is 9.48 Å². The molecule has 1 amide bonds. The van der Waals surface area contributed by atoms with Crippen molar-refractivity contribution in [3.8, 4) is 5.75 Å². The Morgan fingerprint density at radius 3 is 2.47 bits per heavy atom. The summed E-state index contributed by atoms with van der Waals surface area (Å²) in [6, 6.07) is 26.3. The van der Waals surface area contributed by atoms with Gasteiger partial charge in [0, 0.05) is 18.4 Å². The number of benzene rings is 3. The third kappa shape index (κ3) is 8.19. The molecule has 250 valence electrons. The second-order valence-corrected chi connectivity index (χ2v) is 18.0. The number of carbonyl (C=O) groups is 1. The quantitative estimate of drug-likeness (QED) is 0.161. The summed E-state index contributed by atoms with van der Waals surface area (Å²) in [5, 5.41) is 32.8. The van der Waals surface area contributed by atoms with Gasteiger partial charge in [-0.2, -0.15) is 0 Å². The van der Waals surface area contributed by atoms with E-state index < -0.39 is 20.1 Å². The van der Waals surface area contributed by atoms with Crippen molar-refractivity contribution < 1.29 is 24.5 Å². The van der Waals surface area contributed by atoms with Gasteiger partial charge >= 0.3 is 0 Å². The maximum absolute atomic E-state index is 12.0. The smallest absolute Gasteiger partial charge is 0.252 e.